The third-order valence-electron chi connectivity index (χ3n) is 5.07. The molecule has 1 aliphatic rings. The number of aryl methyl sites for hydroxylation is 1. The molecule has 0 saturated carbocycles. The van der Waals surface area contributed by atoms with Crippen molar-refractivity contribution < 1.29 is 13.2 Å². The number of nitrogens with zero attached hydrogens (tertiary/aromatic N) is 2. The summed E-state index contributed by atoms with van der Waals surface area (Å²) in [6.45, 7) is 9.36. The molecule has 0 radical (unpaired) electrons. The molecular formula is C21H28N4O3S. The highest BCUT2D eigenvalue weighted by Gasteiger charge is 2.17. The summed E-state index contributed by atoms with van der Waals surface area (Å²) >= 11 is 0. The van der Waals surface area contributed by atoms with E-state index in [1.165, 1.54) is 6.07 Å². The van der Waals surface area contributed by atoms with Crippen LogP contribution in [0.3, 0.4) is 0 Å². The lowest BCUT2D eigenvalue weighted by molar-refractivity contribution is 0.102. The van der Waals surface area contributed by atoms with Crippen molar-refractivity contribution in [2.24, 2.45) is 0 Å². The van der Waals surface area contributed by atoms with E-state index >= 15 is 0 Å². The normalized spacial score (nSPS) is 15.2. The number of hydrogen-bond donors (Lipinski definition) is 2. The van der Waals surface area contributed by atoms with Gasteiger partial charge in [0.1, 0.15) is 0 Å². The first-order valence-electron chi connectivity index (χ1n) is 9.72. The first-order valence-corrected chi connectivity index (χ1v) is 11.6. The molecule has 2 N–H and O–H groups in total. The van der Waals surface area contributed by atoms with Gasteiger partial charge in [0.2, 0.25) is 10.0 Å². The number of carbonyl (C=O) groups is 1. The number of hydrogen-bond acceptors (Lipinski definition) is 5. The molecule has 2 aromatic rings. The van der Waals surface area contributed by atoms with Gasteiger partial charge in [-0.15, -0.1) is 0 Å². The minimum absolute atomic E-state index is 0.283. The molecular weight excluding hydrogens is 388 g/mol. The van der Waals surface area contributed by atoms with Gasteiger partial charge in [0.05, 0.1) is 6.26 Å². The molecule has 3 rings (SSSR count). The van der Waals surface area contributed by atoms with Crippen LogP contribution in [0.5, 0.6) is 0 Å². The Kier molecular flexibility index (Phi) is 6.44. The molecule has 0 aliphatic carbocycles. The molecule has 0 spiro atoms. The lowest BCUT2D eigenvalue weighted by Crippen LogP contribution is -2.46. The predicted molar refractivity (Wildman–Crippen MR) is 118 cm³/mol. The molecule has 0 aromatic heterocycles. The summed E-state index contributed by atoms with van der Waals surface area (Å²) in [6, 6.07) is 12.5. The van der Waals surface area contributed by atoms with E-state index in [-0.39, 0.29) is 5.91 Å². The van der Waals surface area contributed by atoms with E-state index in [1.807, 2.05) is 19.1 Å². The van der Waals surface area contributed by atoms with Crippen molar-refractivity contribution >= 4 is 33.0 Å². The van der Waals surface area contributed by atoms with Crippen LogP contribution in [0.1, 0.15) is 22.8 Å². The maximum atomic E-state index is 12.6. The highest BCUT2D eigenvalue weighted by atomic mass is 32.2. The van der Waals surface area contributed by atoms with Crippen LogP contribution >= 0.6 is 0 Å². The van der Waals surface area contributed by atoms with Crippen molar-refractivity contribution in [3.8, 4) is 0 Å². The monoisotopic (exact) mass is 416 g/mol. The summed E-state index contributed by atoms with van der Waals surface area (Å²) in [5.74, 6) is -0.283. The zero-order valence-electron chi connectivity index (χ0n) is 17.1. The number of anilines is 3. The van der Waals surface area contributed by atoms with Crippen LogP contribution in [0.4, 0.5) is 17.1 Å². The Bertz CT molecular complexity index is 983. The highest BCUT2D eigenvalue weighted by Crippen LogP contribution is 2.24. The quantitative estimate of drug-likeness (QED) is 0.757. The van der Waals surface area contributed by atoms with Crippen LogP contribution in [0.15, 0.2) is 42.5 Å². The zero-order valence-corrected chi connectivity index (χ0v) is 17.9. The standard InChI is InChI=1S/C21H28N4O3S/c1-4-24-10-12-25(13-11-24)19-8-9-20(16(2)14-19)22-21(26)17-6-5-7-18(15-17)23-29(3,27)28/h5-9,14-15,23H,4,10-13H2,1-3H3,(H,22,26). The third-order valence-corrected chi connectivity index (χ3v) is 5.68. The molecule has 2 aromatic carbocycles. The first kappa shape index (κ1) is 21.1. The second kappa shape index (κ2) is 8.84. The van der Waals surface area contributed by atoms with E-state index in [1.54, 1.807) is 18.2 Å². The van der Waals surface area contributed by atoms with Crippen LogP contribution in [-0.4, -0.2) is 58.2 Å². The largest absolute Gasteiger partial charge is 0.369 e. The fourth-order valence-electron chi connectivity index (χ4n) is 3.44. The van der Waals surface area contributed by atoms with Gasteiger partial charge in [0.25, 0.3) is 5.91 Å². The summed E-state index contributed by atoms with van der Waals surface area (Å²) in [4.78, 5) is 17.4. The number of sulfonamides is 1. The predicted octanol–water partition coefficient (Wildman–Crippen LogP) is 2.76. The minimum Gasteiger partial charge on any atom is -0.369 e. The summed E-state index contributed by atoms with van der Waals surface area (Å²) in [5.41, 5.74) is 3.64. The Morgan fingerprint density at radius 3 is 2.41 bits per heavy atom. The van der Waals surface area contributed by atoms with Gasteiger partial charge in [-0.2, -0.15) is 0 Å². The maximum absolute atomic E-state index is 12.6. The van der Waals surface area contributed by atoms with Crippen LogP contribution in [0.25, 0.3) is 0 Å². The zero-order chi connectivity index (χ0) is 21.0. The van der Waals surface area contributed by atoms with Crippen LogP contribution in [0, 0.1) is 6.92 Å². The Morgan fingerprint density at radius 1 is 1.07 bits per heavy atom. The molecule has 1 heterocycles. The van der Waals surface area contributed by atoms with E-state index in [2.05, 4.69) is 32.8 Å². The average molecular weight is 417 g/mol. The molecule has 156 valence electrons. The second-order valence-corrected chi connectivity index (χ2v) is 9.08. The number of benzene rings is 2. The van der Waals surface area contributed by atoms with Crippen molar-refractivity contribution in [1.29, 1.82) is 0 Å². The van der Waals surface area contributed by atoms with Crippen molar-refractivity contribution in [2.75, 3.05) is 53.9 Å². The van der Waals surface area contributed by atoms with E-state index < -0.39 is 10.0 Å². The Morgan fingerprint density at radius 2 is 1.79 bits per heavy atom. The van der Waals surface area contributed by atoms with E-state index in [0.717, 1.165) is 55.9 Å². The number of rotatable bonds is 6. The van der Waals surface area contributed by atoms with Crippen LogP contribution < -0.4 is 14.9 Å². The van der Waals surface area contributed by atoms with Crippen molar-refractivity contribution in [3.05, 3.63) is 53.6 Å². The smallest absolute Gasteiger partial charge is 0.255 e. The highest BCUT2D eigenvalue weighted by molar-refractivity contribution is 7.92. The molecule has 0 atom stereocenters. The lowest BCUT2D eigenvalue weighted by Gasteiger charge is -2.35. The Balaban J connectivity index is 1.69. The fraction of sp³-hybridized carbons (Fsp3) is 0.381. The molecule has 8 heteroatoms. The third kappa shape index (κ3) is 5.71. The molecule has 29 heavy (non-hydrogen) atoms. The van der Waals surface area contributed by atoms with E-state index in [9.17, 15) is 13.2 Å². The molecule has 0 bridgehead atoms. The van der Waals surface area contributed by atoms with Crippen LogP contribution in [0.2, 0.25) is 0 Å². The van der Waals surface area contributed by atoms with Crippen molar-refractivity contribution in [1.82, 2.24) is 4.90 Å². The molecule has 1 amide bonds. The van der Waals surface area contributed by atoms with Gasteiger partial charge in [-0.1, -0.05) is 13.0 Å². The van der Waals surface area contributed by atoms with E-state index in [0.29, 0.717) is 11.3 Å². The van der Waals surface area contributed by atoms with Crippen LogP contribution in [-0.2, 0) is 10.0 Å². The number of amides is 1. The molecule has 1 saturated heterocycles. The van der Waals surface area contributed by atoms with Gasteiger partial charge >= 0.3 is 0 Å². The van der Waals surface area contributed by atoms with Gasteiger partial charge in [-0.05, 0) is 55.4 Å². The summed E-state index contributed by atoms with van der Waals surface area (Å²) in [7, 11) is -3.40. The number of likely N-dealkylation sites (N-methyl/N-ethyl adjacent to an activating group) is 1. The van der Waals surface area contributed by atoms with Gasteiger partial charge in [-0.25, -0.2) is 8.42 Å². The molecule has 7 nitrogen and oxygen atoms in total. The minimum atomic E-state index is -3.40. The number of piperazine rings is 1. The second-order valence-electron chi connectivity index (χ2n) is 7.33. The summed E-state index contributed by atoms with van der Waals surface area (Å²) in [6.07, 6.45) is 1.08. The summed E-state index contributed by atoms with van der Waals surface area (Å²) in [5, 5.41) is 2.92. The average Bonchev–Trinajstić information content (AvgIpc) is 2.68. The molecule has 0 unspecified atom stereocenters. The summed E-state index contributed by atoms with van der Waals surface area (Å²) < 4.78 is 25.2. The lowest BCUT2D eigenvalue weighted by atomic mass is 10.1. The first-order chi connectivity index (χ1) is 13.7. The molecule has 1 fully saturated rings. The number of nitrogens with one attached hydrogen (secondary N) is 2. The topological polar surface area (TPSA) is 81.8 Å². The number of carbonyl (C=O) groups excluding carboxylic acids is 1. The SMILES string of the molecule is CCN1CCN(c2ccc(NC(=O)c3cccc(NS(C)(=O)=O)c3)c(C)c2)CC1. The molecule has 1 aliphatic heterocycles. The van der Waals surface area contributed by atoms with E-state index in [4.69, 9.17) is 0 Å². The van der Waals surface area contributed by atoms with Gasteiger partial charge in [-0.3, -0.25) is 9.52 Å². The van der Waals surface area contributed by atoms with Gasteiger partial charge < -0.3 is 15.1 Å². The Labute approximate surface area is 172 Å². The van der Waals surface area contributed by atoms with Gasteiger partial charge in [0.15, 0.2) is 0 Å². The van der Waals surface area contributed by atoms with Gasteiger partial charge in [0, 0.05) is 48.8 Å². The maximum Gasteiger partial charge on any atom is 0.255 e. The Hall–Kier alpha value is -2.58. The van der Waals surface area contributed by atoms with Crippen molar-refractivity contribution in [3.63, 3.8) is 0 Å². The van der Waals surface area contributed by atoms with Crippen molar-refractivity contribution in [2.45, 2.75) is 13.8 Å². The fourth-order valence-corrected chi connectivity index (χ4v) is 3.99.